The van der Waals surface area contributed by atoms with Crippen molar-refractivity contribution in [3.05, 3.63) is 52.8 Å². The molecule has 1 aromatic carbocycles. The summed E-state index contributed by atoms with van der Waals surface area (Å²) in [4.78, 5) is 4.07. The number of rotatable bonds is 3. The van der Waals surface area contributed by atoms with Gasteiger partial charge in [-0.25, -0.2) is 4.98 Å². The molecule has 0 aliphatic rings. The molecule has 0 amide bonds. The molecule has 88 valence electrons. The molecular formula is C14H14ClNO. The van der Waals surface area contributed by atoms with Crippen molar-refractivity contribution in [1.82, 2.24) is 4.98 Å². The summed E-state index contributed by atoms with van der Waals surface area (Å²) >= 11 is 5.88. The molecule has 2 aromatic rings. The molecule has 0 spiro atoms. The predicted molar refractivity (Wildman–Crippen MR) is 69.9 cm³/mol. The Bertz CT molecular complexity index is 525. The minimum absolute atomic E-state index is 0.515. The van der Waals surface area contributed by atoms with Crippen LogP contribution in [0.2, 0.25) is 5.15 Å². The number of ether oxygens (including phenoxy) is 1. The van der Waals surface area contributed by atoms with E-state index in [1.807, 2.05) is 31.2 Å². The normalized spacial score (nSPS) is 10.3. The van der Waals surface area contributed by atoms with Gasteiger partial charge in [0, 0.05) is 0 Å². The largest absolute Gasteiger partial charge is 0.455 e. The first kappa shape index (κ1) is 11.9. The predicted octanol–water partition coefficient (Wildman–Crippen LogP) is 4.40. The summed E-state index contributed by atoms with van der Waals surface area (Å²) in [6.45, 7) is 4.02. The molecule has 0 saturated carbocycles. The van der Waals surface area contributed by atoms with E-state index < -0.39 is 0 Å². The lowest BCUT2D eigenvalue weighted by atomic mass is 10.1. The minimum Gasteiger partial charge on any atom is -0.455 e. The molecule has 0 unspecified atom stereocenters. The maximum Gasteiger partial charge on any atom is 0.146 e. The van der Waals surface area contributed by atoms with E-state index in [-0.39, 0.29) is 0 Å². The Labute approximate surface area is 106 Å². The van der Waals surface area contributed by atoms with E-state index in [9.17, 15) is 0 Å². The van der Waals surface area contributed by atoms with Gasteiger partial charge in [-0.05, 0) is 36.6 Å². The van der Waals surface area contributed by atoms with Crippen molar-refractivity contribution < 1.29 is 4.74 Å². The summed E-state index contributed by atoms with van der Waals surface area (Å²) < 4.78 is 5.82. The number of hydrogen-bond donors (Lipinski definition) is 0. The van der Waals surface area contributed by atoms with Gasteiger partial charge in [-0.3, -0.25) is 0 Å². The van der Waals surface area contributed by atoms with Gasteiger partial charge >= 0.3 is 0 Å². The zero-order chi connectivity index (χ0) is 12.3. The van der Waals surface area contributed by atoms with Crippen molar-refractivity contribution in [2.75, 3.05) is 0 Å². The van der Waals surface area contributed by atoms with Crippen LogP contribution in [0, 0.1) is 6.92 Å². The van der Waals surface area contributed by atoms with Crippen LogP contribution in [0.1, 0.15) is 18.1 Å². The Balaban J connectivity index is 2.28. The molecule has 0 aliphatic carbocycles. The number of pyridine rings is 1. The van der Waals surface area contributed by atoms with Crippen molar-refractivity contribution in [1.29, 1.82) is 0 Å². The van der Waals surface area contributed by atoms with Crippen LogP contribution >= 0.6 is 11.6 Å². The third-order valence-corrected chi connectivity index (χ3v) is 2.97. The standard InChI is InChI=1S/C14H14ClNO/c1-3-11-6-4-5-7-13(11)17-12-8-10(2)14(15)16-9-12/h4-9H,3H2,1-2H3. The Hall–Kier alpha value is -1.54. The fraction of sp³-hybridized carbons (Fsp3) is 0.214. The average Bonchev–Trinajstić information content (AvgIpc) is 2.34. The summed E-state index contributed by atoms with van der Waals surface area (Å²) in [5.41, 5.74) is 2.10. The van der Waals surface area contributed by atoms with Crippen LogP contribution in [0.3, 0.4) is 0 Å². The number of nitrogens with zero attached hydrogens (tertiary/aromatic N) is 1. The fourth-order valence-corrected chi connectivity index (χ4v) is 1.71. The first-order chi connectivity index (χ1) is 8.20. The topological polar surface area (TPSA) is 22.1 Å². The second kappa shape index (κ2) is 5.19. The highest BCUT2D eigenvalue weighted by Crippen LogP contribution is 2.27. The van der Waals surface area contributed by atoms with Crippen LogP contribution in [0.4, 0.5) is 0 Å². The molecule has 2 rings (SSSR count). The van der Waals surface area contributed by atoms with E-state index in [4.69, 9.17) is 16.3 Å². The molecule has 0 bridgehead atoms. The number of benzene rings is 1. The third-order valence-electron chi connectivity index (χ3n) is 2.57. The third kappa shape index (κ3) is 2.77. The molecule has 0 aliphatic heterocycles. The summed E-state index contributed by atoms with van der Waals surface area (Å²) in [7, 11) is 0. The van der Waals surface area contributed by atoms with Gasteiger partial charge in [-0.15, -0.1) is 0 Å². The van der Waals surface area contributed by atoms with E-state index in [1.54, 1.807) is 6.20 Å². The number of para-hydroxylation sites is 1. The number of aryl methyl sites for hydroxylation is 2. The van der Waals surface area contributed by atoms with E-state index in [1.165, 1.54) is 5.56 Å². The zero-order valence-corrected chi connectivity index (χ0v) is 10.7. The lowest BCUT2D eigenvalue weighted by Gasteiger charge is -2.10. The molecule has 1 heterocycles. The molecular weight excluding hydrogens is 234 g/mol. The Morgan fingerprint density at radius 3 is 2.76 bits per heavy atom. The monoisotopic (exact) mass is 247 g/mol. The number of aromatic nitrogens is 1. The van der Waals surface area contributed by atoms with Crippen molar-refractivity contribution in [3.8, 4) is 11.5 Å². The Kier molecular flexibility index (Phi) is 3.64. The van der Waals surface area contributed by atoms with Crippen LogP contribution in [0.5, 0.6) is 11.5 Å². The van der Waals surface area contributed by atoms with Gasteiger partial charge in [-0.1, -0.05) is 36.7 Å². The van der Waals surface area contributed by atoms with Gasteiger partial charge in [-0.2, -0.15) is 0 Å². The first-order valence-electron chi connectivity index (χ1n) is 5.58. The summed E-state index contributed by atoms with van der Waals surface area (Å²) in [5, 5.41) is 0.515. The molecule has 2 nitrogen and oxygen atoms in total. The van der Waals surface area contributed by atoms with Gasteiger partial charge in [0.2, 0.25) is 0 Å². The number of halogens is 1. The van der Waals surface area contributed by atoms with E-state index in [0.29, 0.717) is 10.9 Å². The number of hydrogen-bond acceptors (Lipinski definition) is 2. The van der Waals surface area contributed by atoms with Crippen LogP contribution < -0.4 is 4.74 Å². The maximum absolute atomic E-state index is 5.88. The maximum atomic E-state index is 5.88. The van der Waals surface area contributed by atoms with E-state index in [2.05, 4.69) is 18.0 Å². The van der Waals surface area contributed by atoms with Gasteiger partial charge in [0.15, 0.2) is 0 Å². The molecule has 0 fully saturated rings. The lowest BCUT2D eigenvalue weighted by molar-refractivity contribution is 0.474. The van der Waals surface area contributed by atoms with Gasteiger partial charge in [0.25, 0.3) is 0 Å². The van der Waals surface area contributed by atoms with Crippen molar-refractivity contribution in [2.24, 2.45) is 0 Å². The minimum atomic E-state index is 0.515. The van der Waals surface area contributed by atoms with Crippen LogP contribution in [-0.4, -0.2) is 4.98 Å². The molecule has 0 saturated heterocycles. The van der Waals surface area contributed by atoms with Crippen LogP contribution in [0.15, 0.2) is 36.5 Å². The van der Waals surface area contributed by atoms with E-state index in [0.717, 1.165) is 17.7 Å². The van der Waals surface area contributed by atoms with Crippen molar-refractivity contribution in [2.45, 2.75) is 20.3 Å². The highest BCUT2D eigenvalue weighted by molar-refractivity contribution is 6.30. The lowest BCUT2D eigenvalue weighted by Crippen LogP contribution is -1.91. The quantitative estimate of drug-likeness (QED) is 0.750. The van der Waals surface area contributed by atoms with Gasteiger partial charge in [0.1, 0.15) is 16.7 Å². The molecule has 0 atom stereocenters. The molecule has 17 heavy (non-hydrogen) atoms. The smallest absolute Gasteiger partial charge is 0.146 e. The highest BCUT2D eigenvalue weighted by Gasteiger charge is 2.04. The molecule has 0 N–H and O–H groups in total. The van der Waals surface area contributed by atoms with E-state index >= 15 is 0 Å². The second-order valence-electron chi connectivity index (χ2n) is 3.84. The summed E-state index contributed by atoms with van der Waals surface area (Å²) in [5.74, 6) is 1.59. The summed E-state index contributed by atoms with van der Waals surface area (Å²) in [6.07, 6.45) is 2.58. The van der Waals surface area contributed by atoms with Gasteiger partial charge in [0.05, 0.1) is 6.20 Å². The first-order valence-corrected chi connectivity index (χ1v) is 5.96. The molecule has 3 heteroatoms. The zero-order valence-electron chi connectivity index (χ0n) is 9.90. The van der Waals surface area contributed by atoms with Crippen LogP contribution in [0.25, 0.3) is 0 Å². The molecule has 0 radical (unpaired) electrons. The second-order valence-corrected chi connectivity index (χ2v) is 4.20. The Morgan fingerprint density at radius 2 is 2.06 bits per heavy atom. The SMILES string of the molecule is CCc1ccccc1Oc1cnc(Cl)c(C)c1. The fourth-order valence-electron chi connectivity index (χ4n) is 1.61. The highest BCUT2D eigenvalue weighted by atomic mass is 35.5. The summed E-state index contributed by atoms with van der Waals surface area (Å²) in [6, 6.07) is 9.89. The van der Waals surface area contributed by atoms with Crippen LogP contribution in [-0.2, 0) is 6.42 Å². The molecule has 1 aromatic heterocycles. The van der Waals surface area contributed by atoms with Crippen molar-refractivity contribution >= 4 is 11.6 Å². The Morgan fingerprint density at radius 1 is 1.29 bits per heavy atom. The van der Waals surface area contributed by atoms with Gasteiger partial charge < -0.3 is 4.74 Å². The van der Waals surface area contributed by atoms with Crippen molar-refractivity contribution in [3.63, 3.8) is 0 Å². The average molecular weight is 248 g/mol.